The molecule has 6 nitrogen and oxygen atoms in total. The highest BCUT2D eigenvalue weighted by atomic mass is 35.5. The number of halogens is 2. The van der Waals surface area contributed by atoms with Crippen molar-refractivity contribution in [2.45, 2.75) is 11.3 Å². The Morgan fingerprint density at radius 1 is 1.22 bits per heavy atom. The fourth-order valence-corrected chi connectivity index (χ4v) is 3.86. The van der Waals surface area contributed by atoms with Gasteiger partial charge in [-0.3, -0.25) is 10.1 Å². The van der Waals surface area contributed by atoms with E-state index >= 15 is 0 Å². The summed E-state index contributed by atoms with van der Waals surface area (Å²) in [7, 11) is -3.96. The summed E-state index contributed by atoms with van der Waals surface area (Å²) in [5, 5.41) is 8.07. The molecule has 2 aromatic carbocycles. The summed E-state index contributed by atoms with van der Waals surface area (Å²) in [5.74, 6) is -0.914. The van der Waals surface area contributed by atoms with Crippen LogP contribution in [-0.2, 0) is 16.4 Å². The maximum atomic E-state index is 13.0. The van der Waals surface area contributed by atoms with E-state index in [2.05, 4.69) is 10.3 Å². The first kappa shape index (κ1) is 19.4. The van der Waals surface area contributed by atoms with Gasteiger partial charge in [0.1, 0.15) is 5.82 Å². The van der Waals surface area contributed by atoms with Crippen molar-refractivity contribution < 1.29 is 17.6 Å². The maximum absolute atomic E-state index is 13.0. The zero-order chi connectivity index (χ0) is 19.6. The Bertz CT molecular complexity index is 1100. The van der Waals surface area contributed by atoms with Gasteiger partial charge in [-0.15, -0.1) is 11.3 Å². The summed E-state index contributed by atoms with van der Waals surface area (Å²) in [4.78, 5) is 17.2. The third-order valence-corrected chi connectivity index (χ3v) is 5.73. The molecule has 1 heterocycles. The second-order valence-electron chi connectivity index (χ2n) is 5.58. The summed E-state index contributed by atoms with van der Waals surface area (Å²) in [5.41, 5.74) is 0.875. The van der Waals surface area contributed by atoms with Crippen LogP contribution in [-0.4, -0.2) is 19.3 Å². The van der Waals surface area contributed by atoms with Gasteiger partial charge in [-0.2, -0.15) is 0 Å². The smallest absolute Gasteiger partial charge is 0.259 e. The molecule has 3 aromatic rings. The normalized spacial score (nSPS) is 11.4. The van der Waals surface area contributed by atoms with E-state index in [0.717, 1.165) is 16.5 Å². The number of nitrogens with two attached hydrogens (primary N) is 1. The number of carbonyl (C=O) groups is 1. The van der Waals surface area contributed by atoms with Crippen molar-refractivity contribution in [2.75, 3.05) is 5.32 Å². The molecule has 0 aliphatic rings. The van der Waals surface area contributed by atoms with Crippen LogP contribution in [0.2, 0.25) is 5.02 Å². The van der Waals surface area contributed by atoms with Gasteiger partial charge in [-0.1, -0.05) is 23.7 Å². The molecule has 140 valence electrons. The Balaban J connectivity index is 1.75. The van der Waals surface area contributed by atoms with Gasteiger partial charge < -0.3 is 0 Å². The third kappa shape index (κ3) is 4.89. The number of anilines is 1. The molecule has 1 aromatic heterocycles. The van der Waals surface area contributed by atoms with Crippen LogP contribution in [0.1, 0.15) is 20.8 Å². The number of carbonyl (C=O) groups excluding carboxylic acids is 1. The Kier molecular flexibility index (Phi) is 5.56. The number of hydrogen-bond donors (Lipinski definition) is 2. The average Bonchev–Trinajstić information content (AvgIpc) is 3.03. The van der Waals surface area contributed by atoms with Crippen LogP contribution in [0.4, 0.5) is 9.52 Å². The first-order chi connectivity index (χ1) is 12.7. The summed E-state index contributed by atoms with van der Waals surface area (Å²) < 4.78 is 35.8. The lowest BCUT2D eigenvalue weighted by Crippen LogP contribution is -2.16. The standard InChI is InChI=1S/C17H13ClFN3O3S2/c18-15-6-5-13(27(20,24)25)8-14(15)16(23)22-17-21-9-12(26-17)7-10-1-3-11(19)4-2-10/h1-6,8-9H,7H2,(H2,20,24,25)(H,21,22,23). The molecular formula is C17H13ClFN3O3S2. The molecule has 0 unspecified atom stereocenters. The lowest BCUT2D eigenvalue weighted by molar-refractivity contribution is 0.102. The number of primary sulfonamides is 1. The molecule has 0 bridgehead atoms. The lowest BCUT2D eigenvalue weighted by atomic mass is 10.1. The fourth-order valence-electron chi connectivity index (χ4n) is 2.27. The van der Waals surface area contributed by atoms with Gasteiger partial charge in [0.15, 0.2) is 5.13 Å². The van der Waals surface area contributed by atoms with Gasteiger partial charge in [0.25, 0.3) is 5.91 Å². The molecule has 0 aliphatic carbocycles. The molecule has 27 heavy (non-hydrogen) atoms. The molecule has 0 saturated carbocycles. The lowest BCUT2D eigenvalue weighted by Gasteiger charge is -2.06. The highest BCUT2D eigenvalue weighted by molar-refractivity contribution is 7.89. The number of thiazole rings is 1. The molecular weight excluding hydrogens is 413 g/mol. The molecule has 0 saturated heterocycles. The number of aromatic nitrogens is 1. The van der Waals surface area contributed by atoms with E-state index in [9.17, 15) is 17.6 Å². The molecule has 3 N–H and O–H groups in total. The Morgan fingerprint density at radius 3 is 2.59 bits per heavy atom. The van der Waals surface area contributed by atoms with Crippen LogP contribution in [0.25, 0.3) is 0 Å². The monoisotopic (exact) mass is 425 g/mol. The SMILES string of the molecule is NS(=O)(=O)c1ccc(Cl)c(C(=O)Nc2ncc(Cc3ccc(F)cc3)s2)c1. The molecule has 0 radical (unpaired) electrons. The Labute approximate surface area is 163 Å². The van der Waals surface area contributed by atoms with E-state index in [4.69, 9.17) is 16.7 Å². The fraction of sp³-hybridized carbons (Fsp3) is 0.0588. The number of sulfonamides is 1. The van der Waals surface area contributed by atoms with Crippen LogP contribution < -0.4 is 10.5 Å². The van der Waals surface area contributed by atoms with Crippen molar-refractivity contribution in [1.29, 1.82) is 0 Å². The number of nitrogens with zero attached hydrogens (tertiary/aromatic N) is 1. The minimum absolute atomic E-state index is 0.0292. The zero-order valence-corrected chi connectivity index (χ0v) is 16.0. The minimum Gasteiger partial charge on any atom is -0.298 e. The van der Waals surface area contributed by atoms with Crippen molar-refractivity contribution in [3.8, 4) is 0 Å². The Morgan fingerprint density at radius 2 is 1.93 bits per heavy atom. The third-order valence-electron chi connectivity index (χ3n) is 3.58. The number of hydrogen-bond acceptors (Lipinski definition) is 5. The molecule has 10 heteroatoms. The summed E-state index contributed by atoms with van der Waals surface area (Å²) >= 11 is 7.24. The maximum Gasteiger partial charge on any atom is 0.259 e. The van der Waals surface area contributed by atoms with Crippen molar-refractivity contribution in [2.24, 2.45) is 5.14 Å². The predicted octanol–water partition coefficient (Wildman–Crippen LogP) is 3.43. The number of nitrogens with one attached hydrogen (secondary N) is 1. The highest BCUT2D eigenvalue weighted by Crippen LogP contribution is 2.24. The number of amides is 1. The van der Waals surface area contributed by atoms with Crippen LogP contribution in [0, 0.1) is 5.82 Å². The predicted molar refractivity (Wildman–Crippen MR) is 102 cm³/mol. The van der Waals surface area contributed by atoms with Crippen LogP contribution in [0.3, 0.4) is 0 Å². The van der Waals surface area contributed by atoms with Gasteiger partial charge in [0.05, 0.1) is 15.5 Å². The molecule has 1 amide bonds. The quantitative estimate of drug-likeness (QED) is 0.653. The van der Waals surface area contributed by atoms with Crippen LogP contribution >= 0.6 is 22.9 Å². The van der Waals surface area contributed by atoms with Gasteiger partial charge in [-0.05, 0) is 35.9 Å². The molecule has 0 fully saturated rings. The number of benzene rings is 2. The van der Waals surface area contributed by atoms with Gasteiger partial charge in [-0.25, -0.2) is 22.9 Å². The molecule has 0 aliphatic heterocycles. The van der Waals surface area contributed by atoms with E-state index < -0.39 is 15.9 Å². The van der Waals surface area contributed by atoms with Crippen molar-refractivity contribution >= 4 is 44.0 Å². The Hall–Kier alpha value is -2.33. The van der Waals surface area contributed by atoms with E-state index in [0.29, 0.717) is 11.6 Å². The van der Waals surface area contributed by atoms with Crippen LogP contribution in [0.5, 0.6) is 0 Å². The molecule has 0 spiro atoms. The van der Waals surface area contributed by atoms with E-state index in [-0.39, 0.29) is 21.3 Å². The van der Waals surface area contributed by atoms with Gasteiger partial charge in [0.2, 0.25) is 10.0 Å². The number of rotatable bonds is 5. The van der Waals surface area contributed by atoms with Gasteiger partial charge >= 0.3 is 0 Å². The topological polar surface area (TPSA) is 102 Å². The largest absolute Gasteiger partial charge is 0.298 e. The first-order valence-electron chi connectivity index (χ1n) is 7.55. The summed E-state index contributed by atoms with van der Waals surface area (Å²) in [6.07, 6.45) is 2.14. The van der Waals surface area contributed by atoms with E-state index in [1.165, 1.54) is 35.6 Å². The zero-order valence-electron chi connectivity index (χ0n) is 13.6. The van der Waals surface area contributed by atoms with Crippen molar-refractivity contribution in [3.05, 3.63) is 75.5 Å². The van der Waals surface area contributed by atoms with Gasteiger partial charge in [0, 0.05) is 17.5 Å². The first-order valence-corrected chi connectivity index (χ1v) is 10.3. The molecule has 0 atom stereocenters. The van der Waals surface area contributed by atoms with E-state index in [1.54, 1.807) is 18.3 Å². The minimum atomic E-state index is -3.96. The second kappa shape index (κ2) is 7.73. The van der Waals surface area contributed by atoms with Crippen LogP contribution in [0.15, 0.2) is 53.6 Å². The average molecular weight is 426 g/mol. The molecule has 3 rings (SSSR count). The summed E-state index contributed by atoms with van der Waals surface area (Å²) in [6, 6.07) is 9.72. The van der Waals surface area contributed by atoms with Crippen molar-refractivity contribution in [1.82, 2.24) is 4.98 Å². The summed E-state index contributed by atoms with van der Waals surface area (Å²) in [6.45, 7) is 0. The van der Waals surface area contributed by atoms with E-state index in [1.807, 2.05) is 0 Å². The van der Waals surface area contributed by atoms with Crippen molar-refractivity contribution in [3.63, 3.8) is 0 Å². The highest BCUT2D eigenvalue weighted by Gasteiger charge is 2.17. The second-order valence-corrected chi connectivity index (χ2v) is 8.66.